The summed E-state index contributed by atoms with van der Waals surface area (Å²) in [4.78, 5) is 1.12. The van der Waals surface area contributed by atoms with E-state index in [9.17, 15) is 13.2 Å². The standard InChI is InChI=1S/C8H17F3N2O/c1-6(14)3-4-13(2)7(5-12)8(9,10)11/h6-7,14H,3-5,12H2,1-2H3. The summed E-state index contributed by atoms with van der Waals surface area (Å²) in [7, 11) is 1.35. The van der Waals surface area contributed by atoms with Gasteiger partial charge in [-0.05, 0) is 20.4 Å². The molecule has 0 saturated carbocycles. The third-order valence-electron chi connectivity index (χ3n) is 2.03. The maximum atomic E-state index is 12.3. The third kappa shape index (κ3) is 4.78. The average Bonchev–Trinajstić information content (AvgIpc) is 1.99. The number of hydrogen-bond acceptors (Lipinski definition) is 3. The van der Waals surface area contributed by atoms with E-state index in [1.54, 1.807) is 6.92 Å². The smallest absolute Gasteiger partial charge is 0.393 e. The zero-order chi connectivity index (χ0) is 11.4. The van der Waals surface area contributed by atoms with Gasteiger partial charge in [0, 0.05) is 13.1 Å². The molecule has 0 radical (unpaired) electrons. The van der Waals surface area contributed by atoms with E-state index in [4.69, 9.17) is 10.8 Å². The van der Waals surface area contributed by atoms with E-state index >= 15 is 0 Å². The lowest BCUT2D eigenvalue weighted by atomic mass is 10.2. The van der Waals surface area contributed by atoms with E-state index in [0.717, 1.165) is 4.90 Å². The Morgan fingerprint density at radius 2 is 1.93 bits per heavy atom. The van der Waals surface area contributed by atoms with Gasteiger partial charge in [0.05, 0.1) is 6.10 Å². The highest BCUT2D eigenvalue weighted by Gasteiger charge is 2.40. The van der Waals surface area contributed by atoms with Crippen molar-refractivity contribution in [1.82, 2.24) is 4.90 Å². The number of aliphatic hydroxyl groups excluding tert-OH is 1. The van der Waals surface area contributed by atoms with Crippen LogP contribution in [0.5, 0.6) is 0 Å². The molecular formula is C8H17F3N2O. The molecule has 0 bridgehead atoms. The summed E-state index contributed by atoms with van der Waals surface area (Å²) in [5.74, 6) is 0. The molecule has 0 amide bonds. The number of likely N-dealkylation sites (N-methyl/N-ethyl adjacent to an activating group) is 1. The molecule has 0 spiro atoms. The minimum Gasteiger partial charge on any atom is -0.393 e. The molecule has 0 aliphatic rings. The summed E-state index contributed by atoms with van der Waals surface area (Å²) in [6.45, 7) is 1.26. The molecular weight excluding hydrogens is 197 g/mol. The molecule has 6 heteroatoms. The highest BCUT2D eigenvalue weighted by Crippen LogP contribution is 2.23. The summed E-state index contributed by atoms with van der Waals surface area (Å²) in [5.41, 5.74) is 5.04. The van der Waals surface area contributed by atoms with Gasteiger partial charge in [-0.15, -0.1) is 0 Å². The van der Waals surface area contributed by atoms with E-state index in [-0.39, 0.29) is 6.54 Å². The molecule has 2 unspecified atom stereocenters. The Kier molecular flexibility index (Phi) is 5.40. The van der Waals surface area contributed by atoms with Crippen molar-refractivity contribution in [3.05, 3.63) is 0 Å². The SMILES string of the molecule is CC(O)CCN(C)C(CN)C(F)(F)F. The predicted molar refractivity (Wildman–Crippen MR) is 47.8 cm³/mol. The van der Waals surface area contributed by atoms with Crippen molar-refractivity contribution in [3.8, 4) is 0 Å². The zero-order valence-corrected chi connectivity index (χ0v) is 8.38. The number of nitrogens with zero attached hydrogens (tertiary/aromatic N) is 1. The van der Waals surface area contributed by atoms with Crippen LogP contribution in [0, 0.1) is 0 Å². The van der Waals surface area contributed by atoms with Gasteiger partial charge in [0.25, 0.3) is 0 Å². The predicted octanol–water partition coefficient (Wildman–Crippen LogP) is 0.579. The maximum Gasteiger partial charge on any atom is 0.405 e. The summed E-state index contributed by atoms with van der Waals surface area (Å²) >= 11 is 0. The van der Waals surface area contributed by atoms with Crippen molar-refractivity contribution in [2.75, 3.05) is 20.1 Å². The Labute approximate surface area is 81.7 Å². The fourth-order valence-electron chi connectivity index (χ4n) is 1.11. The lowest BCUT2D eigenvalue weighted by molar-refractivity contribution is -0.178. The first-order chi connectivity index (χ1) is 6.29. The number of halogens is 3. The Hall–Kier alpha value is -0.330. The summed E-state index contributed by atoms with van der Waals surface area (Å²) in [6, 6.07) is -1.62. The molecule has 0 fully saturated rings. The van der Waals surface area contributed by atoms with Crippen LogP contribution in [0.2, 0.25) is 0 Å². The van der Waals surface area contributed by atoms with Crippen LogP contribution in [-0.4, -0.2) is 48.5 Å². The van der Waals surface area contributed by atoms with Gasteiger partial charge in [-0.1, -0.05) is 0 Å². The molecule has 0 aromatic rings. The van der Waals surface area contributed by atoms with Gasteiger partial charge in [0.2, 0.25) is 0 Å². The minimum absolute atomic E-state index is 0.180. The molecule has 3 nitrogen and oxygen atoms in total. The molecule has 0 rings (SSSR count). The van der Waals surface area contributed by atoms with E-state index in [0.29, 0.717) is 6.42 Å². The fourth-order valence-corrected chi connectivity index (χ4v) is 1.11. The first-order valence-electron chi connectivity index (χ1n) is 4.44. The first kappa shape index (κ1) is 13.7. The van der Waals surface area contributed by atoms with Crippen LogP contribution in [0.3, 0.4) is 0 Å². The largest absolute Gasteiger partial charge is 0.405 e. The van der Waals surface area contributed by atoms with E-state index in [1.807, 2.05) is 0 Å². The number of nitrogens with two attached hydrogens (primary N) is 1. The van der Waals surface area contributed by atoms with Crippen LogP contribution in [0.1, 0.15) is 13.3 Å². The van der Waals surface area contributed by atoms with Gasteiger partial charge in [-0.2, -0.15) is 13.2 Å². The van der Waals surface area contributed by atoms with Crippen LogP contribution < -0.4 is 5.73 Å². The summed E-state index contributed by atoms with van der Waals surface area (Å²) in [5, 5.41) is 8.92. The van der Waals surface area contributed by atoms with Gasteiger partial charge in [0.15, 0.2) is 0 Å². The molecule has 3 N–H and O–H groups in total. The second-order valence-electron chi connectivity index (χ2n) is 3.41. The Morgan fingerprint density at radius 3 is 2.21 bits per heavy atom. The maximum absolute atomic E-state index is 12.3. The first-order valence-corrected chi connectivity index (χ1v) is 4.44. The molecule has 0 aromatic heterocycles. The number of hydrogen-bond donors (Lipinski definition) is 2. The number of aliphatic hydroxyl groups is 1. The van der Waals surface area contributed by atoms with Crippen LogP contribution in [-0.2, 0) is 0 Å². The summed E-state index contributed by atoms with van der Waals surface area (Å²) in [6.07, 6.45) is -4.59. The molecule has 0 aromatic carbocycles. The van der Waals surface area contributed by atoms with Crippen molar-refractivity contribution >= 4 is 0 Å². The minimum atomic E-state index is -4.30. The van der Waals surface area contributed by atoms with Gasteiger partial charge in [-0.25, -0.2) is 0 Å². The van der Waals surface area contributed by atoms with Crippen LogP contribution in [0.15, 0.2) is 0 Å². The van der Waals surface area contributed by atoms with Gasteiger partial charge < -0.3 is 10.8 Å². The van der Waals surface area contributed by atoms with Gasteiger partial charge in [-0.3, -0.25) is 4.90 Å². The van der Waals surface area contributed by atoms with Crippen LogP contribution >= 0.6 is 0 Å². The zero-order valence-electron chi connectivity index (χ0n) is 8.38. The molecule has 14 heavy (non-hydrogen) atoms. The van der Waals surface area contributed by atoms with Gasteiger partial charge >= 0.3 is 6.18 Å². The third-order valence-corrected chi connectivity index (χ3v) is 2.03. The van der Waals surface area contributed by atoms with Crippen LogP contribution in [0.4, 0.5) is 13.2 Å². The molecule has 2 atom stereocenters. The quantitative estimate of drug-likeness (QED) is 0.703. The second kappa shape index (κ2) is 5.53. The topological polar surface area (TPSA) is 49.5 Å². The fraction of sp³-hybridized carbons (Fsp3) is 1.00. The Balaban J connectivity index is 4.12. The Morgan fingerprint density at radius 1 is 1.43 bits per heavy atom. The van der Waals surface area contributed by atoms with E-state index in [1.165, 1.54) is 7.05 Å². The van der Waals surface area contributed by atoms with Crippen LogP contribution in [0.25, 0.3) is 0 Å². The van der Waals surface area contributed by atoms with Crippen molar-refractivity contribution in [2.45, 2.75) is 31.7 Å². The molecule has 0 aliphatic heterocycles. The van der Waals surface area contributed by atoms with Crippen molar-refractivity contribution < 1.29 is 18.3 Å². The lowest BCUT2D eigenvalue weighted by Gasteiger charge is -2.28. The van der Waals surface area contributed by atoms with Crippen molar-refractivity contribution in [1.29, 1.82) is 0 Å². The normalized spacial score (nSPS) is 17.1. The number of rotatable bonds is 5. The average molecular weight is 214 g/mol. The van der Waals surface area contributed by atoms with Gasteiger partial charge in [0.1, 0.15) is 6.04 Å². The summed E-state index contributed by atoms with van der Waals surface area (Å²) < 4.78 is 36.9. The lowest BCUT2D eigenvalue weighted by Crippen LogP contribution is -2.49. The second-order valence-corrected chi connectivity index (χ2v) is 3.41. The highest BCUT2D eigenvalue weighted by atomic mass is 19.4. The van der Waals surface area contributed by atoms with Crippen molar-refractivity contribution in [3.63, 3.8) is 0 Å². The van der Waals surface area contributed by atoms with Crippen molar-refractivity contribution in [2.24, 2.45) is 5.73 Å². The monoisotopic (exact) mass is 214 g/mol. The highest BCUT2D eigenvalue weighted by molar-refractivity contribution is 4.77. The molecule has 86 valence electrons. The molecule has 0 aliphatic carbocycles. The van der Waals surface area contributed by atoms with E-state index < -0.39 is 24.9 Å². The number of alkyl halides is 3. The van der Waals surface area contributed by atoms with E-state index in [2.05, 4.69) is 0 Å². The Bertz CT molecular complexity index is 161. The molecule has 0 saturated heterocycles. The molecule has 0 heterocycles.